The Balaban J connectivity index is 1.59. The SMILES string of the molecule is COc1ccc(-c2ccc(C(=O)N3CCNC(=O)C34CCCC4)c3ccccc23)cn1. The van der Waals surface area contributed by atoms with Crippen molar-refractivity contribution in [1.82, 2.24) is 15.2 Å². The first-order chi connectivity index (χ1) is 15.1. The van der Waals surface area contributed by atoms with Gasteiger partial charge >= 0.3 is 0 Å². The summed E-state index contributed by atoms with van der Waals surface area (Å²) in [5.41, 5.74) is 1.91. The fourth-order valence-corrected chi connectivity index (χ4v) is 5.08. The number of pyridine rings is 1. The van der Waals surface area contributed by atoms with Crippen molar-refractivity contribution in [1.29, 1.82) is 0 Å². The number of hydrogen-bond acceptors (Lipinski definition) is 4. The number of amides is 2. The zero-order valence-electron chi connectivity index (χ0n) is 17.6. The van der Waals surface area contributed by atoms with Gasteiger partial charge in [-0.05, 0) is 41.3 Å². The lowest BCUT2D eigenvalue weighted by Gasteiger charge is -2.43. The number of rotatable bonds is 3. The van der Waals surface area contributed by atoms with Gasteiger partial charge < -0.3 is 15.0 Å². The highest BCUT2D eigenvalue weighted by atomic mass is 16.5. The first-order valence-electron chi connectivity index (χ1n) is 10.8. The summed E-state index contributed by atoms with van der Waals surface area (Å²) < 4.78 is 5.17. The number of benzene rings is 2. The Bertz CT molecular complexity index is 1150. The molecule has 1 N–H and O–H groups in total. The zero-order chi connectivity index (χ0) is 21.4. The van der Waals surface area contributed by atoms with Crippen molar-refractivity contribution in [2.45, 2.75) is 31.2 Å². The maximum absolute atomic E-state index is 13.8. The minimum absolute atomic E-state index is 0.00478. The number of methoxy groups -OCH3 is 1. The summed E-state index contributed by atoms with van der Waals surface area (Å²) in [7, 11) is 1.59. The maximum atomic E-state index is 13.8. The molecule has 1 saturated carbocycles. The molecule has 2 aromatic carbocycles. The van der Waals surface area contributed by atoms with Gasteiger partial charge in [0.05, 0.1) is 7.11 Å². The lowest BCUT2D eigenvalue weighted by Crippen LogP contribution is -2.65. The Labute approximate surface area is 181 Å². The molecule has 0 radical (unpaired) electrons. The summed E-state index contributed by atoms with van der Waals surface area (Å²) in [6.07, 6.45) is 5.20. The van der Waals surface area contributed by atoms with E-state index in [1.807, 2.05) is 53.4 Å². The quantitative estimate of drug-likeness (QED) is 0.706. The van der Waals surface area contributed by atoms with Crippen molar-refractivity contribution >= 4 is 22.6 Å². The second kappa shape index (κ2) is 7.69. The molecule has 31 heavy (non-hydrogen) atoms. The number of carbonyl (C=O) groups excluding carboxylic acids is 2. The van der Waals surface area contributed by atoms with E-state index in [4.69, 9.17) is 4.74 Å². The van der Waals surface area contributed by atoms with Crippen LogP contribution in [0.15, 0.2) is 54.7 Å². The zero-order valence-corrected chi connectivity index (χ0v) is 17.6. The Hall–Kier alpha value is -3.41. The van der Waals surface area contributed by atoms with Crippen molar-refractivity contribution in [3.8, 4) is 17.0 Å². The van der Waals surface area contributed by atoms with Gasteiger partial charge in [-0.1, -0.05) is 43.2 Å². The molecule has 1 aromatic heterocycles. The molecule has 5 rings (SSSR count). The third-order valence-corrected chi connectivity index (χ3v) is 6.65. The van der Waals surface area contributed by atoms with Gasteiger partial charge in [0.1, 0.15) is 5.54 Å². The smallest absolute Gasteiger partial charge is 0.255 e. The van der Waals surface area contributed by atoms with Crippen LogP contribution in [0.2, 0.25) is 0 Å². The second-order valence-electron chi connectivity index (χ2n) is 8.25. The van der Waals surface area contributed by atoms with Crippen molar-refractivity contribution in [2.24, 2.45) is 0 Å². The van der Waals surface area contributed by atoms with E-state index in [0.29, 0.717) is 24.5 Å². The molecular weight excluding hydrogens is 390 g/mol. The van der Waals surface area contributed by atoms with Crippen LogP contribution in [0.25, 0.3) is 21.9 Å². The largest absolute Gasteiger partial charge is 0.481 e. The molecule has 3 aromatic rings. The highest BCUT2D eigenvalue weighted by molar-refractivity contribution is 6.12. The molecule has 1 aliphatic heterocycles. The van der Waals surface area contributed by atoms with E-state index in [1.165, 1.54) is 0 Å². The van der Waals surface area contributed by atoms with Crippen LogP contribution in [-0.2, 0) is 4.79 Å². The van der Waals surface area contributed by atoms with Gasteiger partial charge in [-0.15, -0.1) is 0 Å². The van der Waals surface area contributed by atoms with Crippen LogP contribution in [0.1, 0.15) is 36.0 Å². The van der Waals surface area contributed by atoms with Crippen LogP contribution in [0.3, 0.4) is 0 Å². The van der Waals surface area contributed by atoms with Crippen LogP contribution in [0.5, 0.6) is 5.88 Å². The van der Waals surface area contributed by atoms with Crippen molar-refractivity contribution in [3.05, 3.63) is 60.3 Å². The van der Waals surface area contributed by atoms with Crippen LogP contribution in [0.4, 0.5) is 0 Å². The number of nitrogens with one attached hydrogen (secondary N) is 1. The summed E-state index contributed by atoms with van der Waals surface area (Å²) in [4.78, 5) is 32.7. The summed E-state index contributed by atoms with van der Waals surface area (Å²) in [5, 5.41) is 4.86. The molecule has 6 heteroatoms. The van der Waals surface area contributed by atoms with E-state index in [-0.39, 0.29) is 11.8 Å². The molecule has 2 heterocycles. The van der Waals surface area contributed by atoms with Crippen molar-refractivity contribution in [3.63, 3.8) is 0 Å². The third kappa shape index (κ3) is 3.14. The number of piperazine rings is 1. The van der Waals surface area contributed by atoms with Gasteiger partial charge in [-0.25, -0.2) is 4.98 Å². The van der Waals surface area contributed by atoms with Crippen molar-refractivity contribution in [2.75, 3.05) is 20.2 Å². The first-order valence-corrected chi connectivity index (χ1v) is 10.8. The third-order valence-electron chi connectivity index (χ3n) is 6.65. The fourth-order valence-electron chi connectivity index (χ4n) is 5.08. The molecular formula is C25H25N3O3. The highest BCUT2D eigenvalue weighted by Gasteiger charge is 2.50. The molecule has 2 fully saturated rings. The molecule has 1 spiro atoms. The summed E-state index contributed by atoms with van der Waals surface area (Å²) in [5.74, 6) is 0.493. The minimum Gasteiger partial charge on any atom is -0.481 e. The van der Waals surface area contributed by atoms with Gasteiger partial charge in [-0.3, -0.25) is 9.59 Å². The summed E-state index contributed by atoms with van der Waals surface area (Å²) >= 11 is 0. The van der Waals surface area contributed by atoms with Gasteiger partial charge in [0, 0.05) is 36.5 Å². The predicted octanol–water partition coefficient (Wildman–Crippen LogP) is 3.80. The van der Waals surface area contributed by atoms with E-state index in [0.717, 1.165) is 47.6 Å². The van der Waals surface area contributed by atoms with E-state index < -0.39 is 5.54 Å². The van der Waals surface area contributed by atoms with Crippen LogP contribution in [0, 0.1) is 0 Å². The molecule has 0 bridgehead atoms. The van der Waals surface area contributed by atoms with E-state index in [2.05, 4.69) is 10.3 Å². The monoisotopic (exact) mass is 415 g/mol. The average Bonchev–Trinajstić information content (AvgIpc) is 3.30. The highest BCUT2D eigenvalue weighted by Crippen LogP contribution is 2.39. The number of nitrogens with zero attached hydrogens (tertiary/aromatic N) is 2. The molecule has 2 amide bonds. The van der Waals surface area contributed by atoms with E-state index >= 15 is 0 Å². The fraction of sp³-hybridized carbons (Fsp3) is 0.320. The Morgan fingerprint density at radius 2 is 1.84 bits per heavy atom. The molecule has 1 aliphatic carbocycles. The van der Waals surface area contributed by atoms with Crippen molar-refractivity contribution < 1.29 is 14.3 Å². The first kappa shape index (κ1) is 19.5. The summed E-state index contributed by atoms with van der Waals surface area (Å²) in [6.45, 7) is 1.04. The standard InChI is InChI=1S/C25H25N3O3/c1-31-22-11-8-17(16-27-22)18-9-10-21(20-7-3-2-6-19(18)20)23(29)28-15-14-26-24(30)25(28)12-4-5-13-25/h2-3,6-11,16H,4-5,12-15H2,1H3,(H,26,30). The van der Waals surface area contributed by atoms with Gasteiger partial charge in [0.2, 0.25) is 11.8 Å². The summed E-state index contributed by atoms with van der Waals surface area (Å²) in [6, 6.07) is 15.6. The van der Waals surface area contributed by atoms with Crippen LogP contribution < -0.4 is 10.1 Å². The number of ether oxygens (including phenoxy) is 1. The minimum atomic E-state index is -0.699. The van der Waals surface area contributed by atoms with Crippen LogP contribution >= 0.6 is 0 Å². The second-order valence-corrected chi connectivity index (χ2v) is 8.25. The Kier molecular flexibility index (Phi) is 4.85. The lowest BCUT2D eigenvalue weighted by molar-refractivity contribution is -0.134. The van der Waals surface area contributed by atoms with E-state index in [1.54, 1.807) is 13.3 Å². The molecule has 0 atom stereocenters. The van der Waals surface area contributed by atoms with Crippen LogP contribution in [-0.4, -0.2) is 47.4 Å². The van der Waals surface area contributed by atoms with E-state index in [9.17, 15) is 9.59 Å². The molecule has 0 unspecified atom stereocenters. The molecule has 158 valence electrons. The van der Waals surface area contributed by atoms with Gasteiger partial charge in [0.15, 0.2) is 0 Å². The average molecular weight is 415 g/mol. The Morgan fingerprint density at radius 3 is 2.55 bits per heavy atom. The number of aromatic nitrogens is 1. The number of fused-ring (bicyclic) bond motifs is 1. The topological polar surface area (TPSA) is 71.5 Å². The maximum Gasteiger partial charge on any atom is 0.255 e. The lowest BCUT2D eigenvalue weighted by atomic mass is 9.89. The number of carbonyl (C=O) groups is 2. The predicted molar refractivity (Wildman–Crippen MR) is 119 cm³/mol. The molecule has 1 saturated heterocycles. The molecule has 2 aliphatic rings. The molecule has 6 nitrogen and oxygen atoms in total. The Morgan fingerprint density at radius 1 is 1.06 bits per heavy atom. The normalized spacial score (nSPS) is 17.7. The number of hydrogen-bond donors (Lipinski definition) is 1. The van der Waals surface area contributed by atoms with Gasteiger partial charge in [-0.2, -0.15) is 0 Å². The van der Waals surface area contributed by atoms with Gasteiger partial charge in [0.25, 0.3) is 5.91 Å².